The van der Waals surface area contributed by atoms with Crippen molar-refractivity contribution >= 4 is 84.6 Å². The van der Waals surface area contributed by atoms with E-state index in [9.17, 15) is 14.6 Å². The number of imidazole rings is 1. The van der Waals surface area contributed by atoms with Crippen LogP contribution >= 0.6 is 50.5 Å². The van der Waals surface area contributed by atoms with Crippen molar-refractivity contribution in [2.45, 2.75) is 47.8 Å². The summed E-state index contributed by atoms with van der Waals surface area (Å²) in [7, 11) is -8.55. The second-order valence-electron chi connectivity index (χ2n) is 10.1. The van der Waals surface area contributed by atoms with E-state index in [4.69, 9.17) is 34.3 Å². The van der Waals surface area contributed by atoms with Crippen molar-refractivity contribution in [2.75, 3.05) is 24.7 Å². The van der Waals surface area contributed by atoms with Gasteiger partial charge in [0.2, 0.25) is 0 Å². The fraction of sp³-hybridized carbons (Fsp3) is 0.526. The Hall–Kier alpha value is -2.01. The van der Waals surface area contributed by atoms with Crippen LogP contribution in [0.2, 0.25) is 0 Å². The van der Waals surface area contributed by atoms with E-state index in [-0.39, 0.29) is 52.4 Å². The number of nitrogens with zero attached hydrogens (tertiary/aromatic N) is 8. The number of fused-ring (bicyclic) bond motifs is 5. The molecule has 0 saturated carbocycles. The van der Waals surface area contributed by atoms with Gasteiger partial charge in [0.05, 0.1) is 0 Å². The van der Waals surface area contributed by atoms with E-state index >= 15 is 4.39 Å². The van der Waals surface area contributed by atoms with Crippen LogP contribution in [0.25, 0.3) is 22.3 Å². The molecule has 0 amide bonds. The summed E-state index contributed by atoms with van der Waals surface area (Å²) in [6.07, 6.45) is -3.99. The van der Waals surface area contributed by atoms with Crippen molar-refractivity contribution in [3.8, 4) is 0 Å². The minimum absolute atomic E-state index is 0.0335. The van der Waals surface area contributed by atoms with E-state index in [0.717, 1.165) is 4.68 Å². The van der Waals surface area contributed by atoms with Gasteiger partial charge >= 0.3 is 262 Å². The van der Waals surface area contributed by atoms with Crippen molar-refractivity contribution in [1.82, 2.24) is 44.5 Å². The topological polar surface area (TPSA) is 259 Å². The van der Waals surface area contributed by atoms with Gasteiger partial charge in [-0.1, -0.05) is 0 Å². The minimum atomic E-state index is -4.30. The number of aromatic nitrogens is 9. The van der Waals surface area contributed by atoms with Crippen molar-refractivity contribution in [1.29, 1.82) is 0 Å². The van der Waals surface area contributed by atoms with E-state index in [1.54, 1.807) is 4.57 Å². The van der Waals surface area contributed by atoms with Gasteiger partial charge in [0.15, 0.2) is 0 Å². The van der Waals surface area contributed by atoms with Crippen molar-refractivity contribution in [3.05, 3.63) is 23.0 Å². The normalized spacial score (nSPS) is 33.7. The Balaban J connectivity index is 1.18. The van der Waals surface area contributed by atoms with Crippen LogP contribution in [0.1, 0.15) is 18.0 Å². The summed E-state index contributed by atoms with van der Waals surface area (Å²) >= 11 is 9.86. The number of nitrogens with one attached hydrogen (secondary N) is 1. The number of ether oxygens (including phenoxy) is 1. The molecule has 7 atom stereocenters. The molecule has 0 spiro atoms. The molecule has 4 aromatic heterocycles. The maximum atomic E-state index is 16.0. The second kappa shape index (κ2) is 11.4. The van der Waals surface area contributed by atoms with Gasteiger partial charge in [-0.15, -0.1) is 0 Å². The van der Waals surface area contributed by atoms with Crippen LogP contribution in [-0.4, -0.2) is 97.2 Å². The number of aromatic amines is 1. The summed E-state index contributed by atoms with van der Waals surface area (Å²) in [4.78, 5) is 53.3. The number of thioether (sulfide) groups is 1. The summed E-state index contributed by atoms with van der Waals surface area (Å²) in [5, 5.41) is 6.88. The number of thiol groups is 2. The van der Waals surface area contributed by atoms with Gasteiger partial charge in [0, 0.05) is 0 Å². The summed E-state index contributed by atoms with van der Waals surface area (Å²) in [5.74, 6) is -0.0741. The number of hydrogen-bond donors (Lipinski definition) is 7. The molecule has 0 aromatic carbocycles. The number of nitrogen functional groups attached to an aromatic ring is 2. The molecular weight excluding hydrogens is 687 g/mol. The molecule has 0 radical (unpaired) electrons. The monoisotopic (exact) mass is 713 g/mol. The number of anilines is 2. The molecule has 3 aliphatic heterocycles. The fourth-order valence-electron chi connectivity index (χ4n) is 5.26. The molecular formula is C19H26FN11O8P2S3. The number of rotatable bonds is 2. The first kappa shape index (κ1) is 30.6. The summed E-state index contributed by atoms with van der Waals surface area (Å²) in [6.45, 7) is -0.558. The maximum absolute atomic E-state index is 16.0. The third kappa shape index (κ3) is 5.62. The predicted molar refractivity (Wildman–Crippen MR) is 165 cm³/mol. The predicted octanol–water partition coefficient (Wildman–Crippen LogP) is 0.240. The molecule has 7 N–H and O–H groups in total. The Labute approximate surface area is 261 Å². The Morgan fingerprint density at radius 3 is 2.66 bits per heavy atom. The van der Waals surface area contributed by atoms with Gasteiger partial charge in [-0.3, -0.25) is 0 Å². The van der Waals surface area contributed by atoms with Crippen LogP contribution in [0, 0.1) is 0 Å². The van der Waals surface area contributed by atoms with Crippen LogP contribution in [0.5, 0.6) is 0 Å². The number of alkyl halides is 1. The van der Waals surface area contributed by atoms with E-state index in [1.807, 2.05) is 0 Å². The molecule has 0 unspecified atom stereocenters. The summed E-state index contributed by atoms with van der Waals surface area (Å²) in [6, 6.07) is 0. The molecule has 44 heavy (non-hydrogen) atoms. The van der Waals surface area contributed by atoms with Gasteiger partial charge in [-0.25, -0.2) is 0 Å². The number of halogens is 1. The van der Waals surface area contributed by atoms with Gasteiger partial charge in [-0.2, -0.15) is 0 Å². The summed E-state index contributed by atoms with van der Waals surface area (Å²) in [5.41, 5.74) is 11.6. The zero-order valence-electron chi connectivity index (χ0n) is 22.1. The van der Waals surface area contributed by atoms with E-state index in [2.05, 4.69) is 59.7 Å². The SMILES string of the molecule is Nc1nc2c(ncn2[C@@H]2S[C@@H]3CO[PH](O)(S)O[C@H]4[C@H](F)[C@H](n5nnc6c(N)ncnc65)O[C@@H]4CO[PH](O)(S)O[C@@H]2C3)c(=O)[nH]1. The molecule has 4 aromatic rings. The number of nitrogens with two attached hydrogens (primary N) is 2. The van der Waals surface area contributed by atoms with Gasteiger partial charge in [0.25, 0.3) is 0 Å². The van der Waals surface area contributed by atoms with Gasteiger partial charge < -0.3 is 0 Å². The van der Waals surface area contributed by atoms with Crippen LogP contribution in [0.3, 0.4) is 0 Å². The fourth-order valence-corrected chi connectivity index (χ4v) is 10.4. The van der Waals surface area contributed by atoms with E-state index in [0.29, 0.717) is 0 Å². The van der Waals surface area contributed by atoms with Crippen molar-refractivity contribution < 1.29 is 37.0 Å². The van der Waals surface area contributed by atoms with Crippen LogP contribution < -0.4 is 17.0 Å². The third-order valence-corrected chi connectivity index (χ3v) is 12.4. The molecule has 19 nitrogen and oxygen atoms in total. The first-order valence-corrected chi connectivity index (χ1v) is 20.0. The first-order valence-electron chi connectivity index (χ1n) is 12.9. The molecule has 2 bridgehead atoms. The Bertz CT molecular complexity index is 1780. The van der Waals surface area contributed by atoms with Crippen LogP contribution in [0.15, 0.2) is 17.4 Å². The Morgan fingerprint density at radius 1 is 1.07 bits per heavy atom. The molecule has 0 aliphatic carbocycles. The van der Waals surface area contributed by atoms with Crippen LogP contribution in [0.4, 0.5) is 16.2 Å². The zero-order chi connectivity index (χ0) is 31.0. The molecule has 7 heterocycles. The van der Waals surface area contributed by atoms with Gasteiger partial charge in [0.1, 0.15) is 0 Å². The molecule has 3 aliphatic rings. The molecule has 3 fully saturated rings. The van der Waals surface area contributed by atoms with Gasteiger partial charge in [-0.05, 0) is 0 Å². The van der Waals surface area contributed by atoms with E-state index < -0.39 is 62.5 Å². The zero-order valence-corrected chi connectivity index (χ0v) is 26.7. The molecule has 240 valence electrons. The Morgan fingerprint density at radius 2 is 1.84 bits per heavy atom. The number of hydrogen-bond acceptors (Lipinski definition) is 19. The average molecular weight is 714 g/mol. The molecule has 3 saturated heterocycles. The quantitative estimate of drug-likeness (QED) is 0.108. The van der Waals surface area contributed by atoms with Crippen LogP contribution in [-0.2, 0) is 22.8 Å². The number of H-pyrrole nitrogens is 1. The van der Waals surface area contributed by atoms with Crippen molar-refractivity contribution in [3.63, 3.8) is 0 Å². The second-order valence-corrected chi connectivity index (χ2v) is 18.1. The van der Waals surface area contributed by atoms with Crippen molar-refractivity contribution in [2.24, 2.45) is 0 Å². The average Bonchev–Trinajstić information content (AvgIpc) is 3.72. The summed E-state index contributed by atoms with van der Waals surface area (Å²) < 4.78 is 47.8. The first-order chi connectivity index (χ1) is 20.9. The van der Waals surface area contributed by atoms with E-state index in [1.165, 1.54) is 24.4 Å². The third-order valence-electron chi connectivity index (χ3n) is 7.15. The molecule has 7 rings (SSSR count). The molecule has 25 heteroatoms. The standard InChI is InChI=1S/C19H26FN11O8P2S3/c20-9-12-8(37-17(9)31-14-10(28-29-31)13(21)23-4-24-14)3-36-40(33,42)38-7-1-6(2-35-41(34,43)39-12)44-18(7)30-5-25-11-15(30)26-19(22)27-16(11)32/h4-9,12,17-18,33-34,40-43H,1-3H2,(H2,21,23,24)(H3,22,26,27,32)/t6-,7+,8+,9-,12+,17+,18+/m0/s1. The Kier molecular flexibility index (Phi) is 7.90.